The van der Waals surface area contributed by atoms with Crippen molar-refractivity contribution in [2.75, 3.05) is 18.4 Å². The topological polar surface area (TPSA) is 61.4 Å². The lowest BCUT2D eigenvalue weighted by atomic mass is 10.1. The Morgan fingerprint density at radius 3 is 2.41 bits per heavy atom. The zero-order valence-corrected chi connectivity index (χ0v) is 17.7. The number of amides is 2. The van der Waals surface area contributed by atoms with E-state index >= 15 is 0 Å². The van der Waals surface area contributed by atoms with Gasteiger partial charge in [0.05, 0.1) is 15.6 Å². The molecule has 0 unspecified atom stereocenters. The molecule has 0 saturated heterocycles. The summed E-state index contributed by atoms with van der Waals surface area (Å²) < 4.78 is 0. The number of hydrogen-bond donors (Lipinski definition) is 2. The first-order chi connectivity index (χ1) is 12.8. The van der Waals surface area contributed by atoms with Crippen LogP contribution in [0.3, 0.4) is 0 Å². The Kier molecular flexibility index (Phi) is 7.83. The Morgan fingerprint density at radius 1 is 1.11 bits per heavy atom. The van der Waals surface area contributed by atoms with Crippen LogP contribution in [0.1, 0.15) is 47.7 Å². The van der Waals surface area contributed by atoms with Crippen LogP contribution in [0.5, 0.6) is 0 Å². The van der Waals surface area contributed by atoms with Gasteiger partial charge < -0.3 is 10.6 Å². The molecule has 1 aromatic heterocycles. The van der Waals surface area contributed by atoms with Crippen LogP contribution < -0.4 is 10.6 Å². The number of nitrogens with one attached hydrogen (secondary N) is 2. The summed E-state index contributed by atoms with van der Waals surface area (Å²) in [5, 5.41) is 7.92. The maximum atomic E-state index is 12.5. The first kappa shape index (κ1) is 21.4. The highest BCUT2D eigenvalue weighted by Gasteiger charge is 2.15. The fourth-order valence-corrected chi connectivity index (χ4v) is 3.65. The van der Waals surface area contributed by atoms with Crippen molar-refractivity contribution in [2.45, 2.75) is 39.8 Å². The van der Waals surface area contributed by atoms with Crippen LogP contribution in [0, 0.1) is 0 Å². The van der Waals surface area contributed by atoms with Gasteiger partial charge in [-0.1, -0.05) is 17.7 Å². The number of halogens is 1. The minimum atomic E-state index is -0.242. The first-order valence-corrected chi connectivity index (χ1v) is 10.2. The van der Waals surface area contributed by atoms with Crippen molar-refractivity contribution in [1.29, 1.82) is 0 Å². The molecule has 0 aliphatic heterocycles. The molecular formula is C20H26ClN3O2S. The number of benzene rings is 1. The lowest BCUT2D eigenvalue weighted by Crippen LogP contribution is -2.42. The molecular weight excluding hydrogens is 382 g/mol. The van der Waals surface area contributed by atoms with Crippen LogP contribution >= 0.6 is 22.9 Å². The van der Waals surface area contributed by atoms with E-state index in [1.807, 2.05) is 11.4 Å². The average Bonchev–Trinajstić information content (AvgIpc) is 3.14. The summed E-state index contributed by atoms with van der Waals surface area (Å²) in [6.45, 7) is 9.89. The second-order valence-corrected chi connectivity index (χ2v) is 8.16. The highest BCUT2D eigenvalue weighted by molar-refractivity contribution is 7.12. The molecule has 5 nitrogen and oxygen atoms in total. The van der Waals surface area contributed by atoms with Gasteiger partial charge in [0.2, 0.25) is 0 Å². The molecule has 27 heavy (non-hydrogen) atoms. The highest BCUT2D eigenvalue weighted by Crippen LogP contribution is 2.24. The molecule has 146 valence electrons. The Hall–Kier alpha value is -1.89. The highest BCUT2D eigenvalue weighted by atomic mass is 35.5. The molecule has 0 saturated carbocycles. The molecule has 0 radical (unpaired) electrons. The van der Waals surface area contributed by atoms with Crippen molar-refractivity contribution in [2.24, 2.45) is 0 Å². The van der Waals surface area contributed by atoms with Gasteiger partial charge >= 0.3 is 0 Å². The number of anilines is 1. The molecule has 0 spiro atoms. The monoisotopic (exact) mass is 407 g/mol. The fourth-order valence-electron chi connectivity index (χ4n) is 2.87. The quantitative estimate of drug-likeness (QED) is 0.677. The van der Waals surface area contributed by atoms with Crippen molar-refractivity contribution >= 4 is 40.4 Å². The van der Waals surface area contributed by atoms with Crippen molar-refractivity contribution in [3.05, 3.63) is 51.2 Å². The van der Waals surface area contributed by atoms with Crippen LogP contribution in [0.15, 0.2) is 35.7 Å². The lowest BCUT2D eigenvalue weighted by molar-refractivity contribution is 0.0938. The predicted octanol–water partition coefficient (Wildman–Crippen LogP) is 4.50. The van der Waals surface area contributed by atoms with Crippen molar-refractivity contribution in [3.8, 4) is 0 Å². The van der Waals surface area contributed by atoms with Crippen LogP contribution in [-0.2, 0) is 0 Å². The van der Waals surface area contributed by atoms with Gasteiger partial charge in [0.1, 0.15) is 0 Å². The summed E-state index contributed by atoms with van der Waals surface area (Å²) in [5.41, 5.74) is 0.884. The van der Waals surface area contributed by atoms with E-state index < -0.39 is 0 Å². The fraction of sp³-hybridized carbons (Fsp3) is 0.400. The van der Waals surface area contributed by atoms with Gasteiger partial charge in [-0.15, -0.1) is 11.3 Å². The number of hydrogen-bond acceptors (Lipinski definition) is 4. The van der Waals surface area contributed by atoms with Crippen LogP contribution in [0.4, 0.5) is 5.69 Å². The van der Waals surface area contributed by atoms with E-state index in [2.05, 4.69) is 43.2 Å². The van der Waals surface area contributed by atoms with Gasteiger partial charge in [-0.3, -0.25) is 14.5 Å². The molecule has 2 aromatic rings. The maximum absolute atomic E-state index is 12.5. The zero-order valence-electron chi connectivity index (χ0n) is 16.1. The molecule has 0 fully saturated rings. The Bertz CT molecular complexity index is 768. The molecule has 2 amide bonds. The van der Waals surface area contributed by atoms with E-state index in [1.165, 1.54) is 11.3 Å². The number of nitrogens with zero attached hydrogens (tertiary/aromatic N) is 1. The van der Waals surface area contributed by atoms with E-state index in [1.54, 1.807) is 24.3 Å². The largest absolute Gasteiger partial charge is 0.351 e. The van der Waals surface area contributed by atoms with E-state index in [0.29, 0.717) is 39.8 Å². The predicted molar refractivity (Wildman–Crippen MR) is 113 cm³/mol. The van der Waals surface area contributed by atoms with Crippen molar-refractivity contribution in [3.63, 3.8) is 0 Å². The molecule has 7 heteroatoms. The van der Waals surface area contributed by atoms with Gasteiger partial charge in [0.15, 0.2) is 0 Å². The summed E-state index contributed by atoms with van der Waals surface area (Å²) in [7, 11) is 0. The van der Waals surface area contributed by atoms with E-state index in [-0.39, 0.29) is 11.8 Å². The molecule has 2 rings (SSSR count). The first-order valence-electron chi connectivity index (χ1n) is 8.98. The standard InChI is InChI=1S/C20H26ClN3O2S/c1-13(2)24(14(3)4)10-9-22-19(25)15-7-8-16(21)17(12-15)23-20(26)18-6-5-11-27-18/h5-8,11-14H,9-10H2,1-4H3,(H,22,25)(H,23,26). The number of carbonyl (C=O) groups is 2. The lowest BCUT2D eigenvalue weighted by Gasteiger charge is -2.30. The van der Waals surface area contributed by atoms with Crippen molar-refractivity contribution < 1.29 is 9.59 Å². The Labute approximate surface area is 169 Å². The normalized spacial score (nSPS) is 11.3. The summed E-state index contributed by atoms with van der Waals surface area (Å²) in [5.74, 6) is -0.431. The molecule has 0 aliphatic carbocycles. The van der Waals surface area contributed by atoms with Crippen LogP contribution in [0.2, 0.25) is 5.02 Å². The molecule has 1 heterocycles. The molecule has 0 bridgehead atoms. The summed E-state index contributed by atoms with van der Waals surface area (Å²) in [4.78, 5) is 27.6. The summed E-state index contributed by atoms with van der Waals surface area (Å²) in [6.07, 6.45) is 0. The van der Waals surface area contributed by atoms with E-state index in [9.17, 15) is 9.59 Å². The zero-order chi connectivity index (χ0) is 20.0. The minimum Gasteiger partial charge on any atom is -0.351 e. The van der Waals surface area contributed by atoms with Gasteiger partial charge in [-0.2, -0.15) is 0 Å². The summed E-state index contributed by atoms with van der Waals surface area (Å²) in [6, 6.07) is 9.25. The maximum Gasteiger partial charge on any atom is 0.265 e. The average molecular weight is 408 g/mol. The minimum absolute atomic E-state index is 0.189. The third kappa shape index (κ3) is 6.06. The Balaban J connectivity index is 1.99. The number of carbonyl (C=O) groups excluding carboxylic acids is 2. The summed E-state index contributed by atoms with van der Waals surface area (Å²) >= 11 is 7.52. The Morgan fingerprint density at radius 2 is 1.81 bits per heavy atom. The molecule has 0 aliphatic rings. The SMILES string of the molecule is CC(C)N(CCNC(=O)c1ccc(Cl)c(NC(=O)c2cccs2)c1)C(C)C. The van der Waals surface area contributed by atoms with Gasteiger partial charge in [0.25, 0.3) is 11.8 Å². The third-order valence-electron chi connectivity index (χ3n) is 4.20. The van der Waals surface area contributed by atoms with Crippen molar-refractivity contribution in [1.82, 2.24) is 10.2 Å². The van der Waals surface area contributed by atoms with Crippen LogP contribution in [0.25, 0.3) is 0 Å². The molecule has 1 aromatic carbocycles. The van der Waals surface area contributed by atoms with Crippen LogP contribution in [-0.4, -0.2) is 41.9 Å². The van der Waals surface area contributed by atoms with Gasteiger partial charge in [0, 0.05) is 30.7 Å². The van der Waals surface area contributed by atoms with Gasteiger partial charge in [-0.05, 0) is 57.3 Å². The molecule has 0 atom stereocenters. The third-order valence-corrected chi connectivity index (χ3v) is 5.40. The smallest absolute Gasteiger partial charge is 0.265 e. The second kappa shape index (κ2) is 9.88. The van der Waals surface area contributed by atoms with Gasteiger partial charge in [-0.25, -0.2) is 0 Å². The van der Waals surface area contributed by atoms with E-state index in [0.717, 1.165) is 6.54 Å². The second-order valence-electron chi connectivity index (χ2n) is 6.81. The van der Waals surface area contributed by atoms with E-state index in [4.69, 9.17) is 11.6 Å². The molecule has 2 N–H and O–H groups in total. The number of rotatable bonds is 8. The number of thiophene rings is 1.